The molecule has 1 rings (SSSR count). The van der Waals surface area contributed by atoms with Crippen LogP contribution in [-0.2, 0) is 0 Å². The molecule has 0 bridgehead atoms. The van der Waals surface area contributed by atoms with Crippen molar-refractivity contribution in [3.63, 3.8) is 0 Å². The van der Waals surface area contributed by atoms with Crippen LogP contribution in [0.5, 0.6) is 0 Å². The standard InChI is InChI=1S/C13H16O/c1-9(2)8-13(14)12-7-5-6-10(3)11(12)4/h5-7H,1,8H2,2-4H3. The number of Topliss-reactive ketones (excluding diaryl/α,β-unsaturated/α-hetero) is 1. The molecule has 1 aromatic carbocycles. The molecule has 1 aromatic rings. The minimum absolute atomic E-state index is 0.165. The van der Waals surface area contributed by atoms with E-state index in [1.165, 1.54) is 0 Å². The second-order valence-corrected chi connectivity index (χ2v) is 3.80. The van der Waals surface area contributed by atoms with Crippen LogP contribution in [0.25, 0.3) is 0 Å². The molecule has 0 N–H and O–H groups in total. The van der Waals surface area contributed by atoms with Gasteiger partial charge in [-0.2, -0.15) is 0 Å². The molecule has 0 heterocycles. The van der Waals surface area contributed by atoms with Crippen LogP contribution in [-0.4, -0.2) is 5.78 Å². The summed E-state index contributed by atoms with van der Waals surface area (Å²) in [4.78, 5) is 11.8. The van der Waals surface area contributed by atoms with E-state index >= 15 is 0 Å². The zero-order valence-corrected chi connectivity index (χ0v) is 9.05. The fraction of sp³-hybridized carbons (Fsp3) is 0.308. The van der Waals surface area contributed by atoms with Gasteiger partial charge in [0.1, 0.15) is 0 Å². The molecule has 0 spiro atoms. The van der Waals surface area contributed by atoms with Gasteiger partial charge in [0.05, 0.1) is 0 Å². The van der Waals surface area contributed by atoms with Gasteiger partial charge < -0.3 is 0 Å². The third-order valence-corrected chi connectivity index (χ3v) is 2.37. The molecular weight excluding hydrogens is 172 g/mol. The van der Waals surface area contributed by atoms with Crippen molar-refractivity contribution < 1.29 is 4.79 Å². The Morgan fingerprint density at radius 2 is 2.00 bits per heavy atom. The summed E-state index contributed by atoms with van der Waals surface area (Å²) in [5, 5.41) is 0. The molecule has 0 aliphatic heterocycles. The lowest BCUT2D eigenvalue weighted by Crippen LogP contribution is -2.02. The maximum atomic E-state index is 11.8. The second-order valence-electron chi connectivity index (χ2n) is 3.80. The van der Waals surface area contributed by atoms with Gasteiger partial charge in [-0.3, -0.25) is 4.79 Å². The predicted octanol–water partition coefficient (Wildman–Crippen LogP) is 3.45. The van der Waals surface area contributed by atoms with E-state index in [-0.39, 0.29) is 5.78 Å². The minimum Gasteiger partial charge on any atom is -0.294 e. The average molecular weight is 188 g/mol. The fourth-order valence-electron chi connectivity index (χ4n) is 1.42. The first-order valence-electron chi connectivity index (χ1n) is 4.76. The van der Waals surface area contributed by atoms with Crippen LogP contribution >= 0.6 is 0 Å². The summed E-state index contributed by atoms with van der Waals surface area (Å²) in [6.45, 7) is 9.64. The van der Waals surface area contributed by atoms with Gasteiger partial charge in [-0.1, -0.05) is 30.4 Å². The number of aryl methyl sites for hydroxylation is 1. The first-order chi connectivity index (χ1) is 6.52. The monoisotopic (exact) mass is 188 g/mol. The topological polar surface area (TPSA) is 17.1 Å². The van der Waals surface area contributed by atoms with E-state index in [0.717, 1.165) is 22.3 Å². The summed E-state index contributed by atoms with van der Waals surface area (Å²) in [5.41, 5.74) is 3.99. The van der Waals surface area contributed by atoms with E-state index in [9.17, 15) is 4.79 Å². The smallest absolute Gasteiger partial charge is 0.167 e. The summed E-state index contributed by atoms with van der Waals surface area (Å²) >= 11 is 0. The number of hydrogen-bond acceptors (Lipinski definition) is 1. The van der Waals surface area contributed by atoms with Gasteiger partial charge in [0, 0.05) is 12.0 Å². The zero-order chi connectivity index (χ0) is 10.7. The number of benzene rings is 1. The highest BCUT2D eigenvalue weighted by atomic mass is 16.1. The van der Waals surface area contributed by atoms with Crippen LogP contribution in [0.4, 0.5) is 0 Å². The number of carbonyl (C=O) groups is 1. The molecule has 0 aromatic heterocycles. The quantitative estimate of drug-likeness (QED) is 0.524. The Labute approximate surface area is 85.5 Å². The van der Waals surface area contributed by atoms with Gasteiger partial charge >= 0.3 is 0 Å². The maximum absolute atomic E-state index is 11.8. The highest BCUT2D eigenvalue weighted by Gasteiger charge is 2.09. The molecule has 0 fully saturated rings. The average Bonchev–Trinajstić information content (AvgIpc) is 2.08. The van der Waals surface area contributed by atoms with E-state index in [0.29, 0.717) is 6.42 Å². The van der Waals surface area contributed by atoms with Crippen molar-refractivity contribution in [3.8, 4) is 0 Å². The lowest BCUT2D eigenvalue weighted by atomic mass is 9.97. The molecule has 0 unspecified atom stereocenters. The third-order valence-electron chi connectivity index (χ3n) is 2.37. The number of carbonyl (C=O) groups excluding carboxylic acids is 1. The predicted molar refractivity (Wildman–Crippen MR) is 59.7 cm³/mol. The van der Waals surface area contributed by atoms with Crippen molar-refractivity contribution >= 4 is 5.78 Å². The van der Waals surface area contributed by atoms with Crippen molar-refractivity contribution in [1.82, 2.24) is 0 Å². The van der Waals surface area contributed by atoms with Crippen molar-refractivity contribution in [2.45, 2.75) is 27.2 Å². The SMILES string of the molecule is C=C(C)CC(=O)c1cccc(C)c1C. The van der Waals surface area contributed by atoms with E-state index in [1.54, 1.807) is 0 Å². The first kappa shape index (κ1) is 10.7. The Balaban J connectivity index is 3.01. The van der Waals surface area contributed by atoms with Crippen molar-refractivity contribution in [1.29, 1.82) is 0 Å². The van der Waals surface area contributed by atoms with Gasteiger partial charge in [0.2, 0.25) is 0 Å². The molecule has 0 aliphatic rings. The van der Waals surface area contributed by atoms with Crippen LogP contribution in [0.1, 0.15) is 34.8 Å². The van der Waals surface area contributed by atoms with E-state index < -0.39 is 0 Å². The molecular formula is C13H16O. The Kier molecular flexibility index (Phi) is 3.23. The molecule has 0 aliphatic carbocycles. The van der Waals surface area contributed by atoms with Gasteiger partial charge in [-0.05, 0) is 31.9 Å². The van der Waals surface area contributed by atoms with Crippen molar-refractivity contribution in [2.24, 2.45) is 0 Å². The number of allylic oxidation sites excluding steroid dienone is 1. The minimum atomic E-state index is 0.165. The largest absolute Gasteiger partial charge is 0.294 e. The van der Waals surface area contributed by atoms with Gasteiger partial charge in [-0.25, -0.2) is 0 Å². The molecule has 0 amide bonds. The Morgan fingerprint density at radius 1 is 1.36 bits per heavy atom. The molecule has 0 saturated heterocycles. The highest BCUT2D eigenvalue weighted by Crippen LogP contribution is 2.15. The summed E-state index contributed by atoms with van der Waals surface area (Å²) < 4.78 is 0. The van der Waals surface area contributed by atoms with Crippen LogP contribution in [0, 0.1) is 13.8 Å². The van der Waals surface area contributed by atoms with Crippen LogP contribution in [0.2, 0.25) is 0 Å². The van der Waals surface area contributed by atoms with E-state index in [4.69, 9.17) is 0 Å². The van der Waals surface area contributed by atoms with Crippen molar-refractivity contribution in [2.75, 3.05) is 0 Å². The summed E-state index contributed by atoms with van der Waals surface area (Å²) in [7, 11) is 0. The zero-order valence-electron chi connectivity index (χ0n) is 9.05. The Morgan fingerprint density at radius 3 is 2.57 bits per heavy atom. The molecule has 14 heavy (non-hydrogen) atoms. The fourth-order valence-corrected chi connectivity index (χ4v) is 1.42. The first-order valence-corrected chi connectivity index (χ1v) is 4.76. The van der Waals surface area contributed by atoms with Gasteiger partial charge in [0.15, 0.2) is 5.78 Å². The molecule has 0 saturated carbocycles. The number of hydrogen-bond donors (Lipinski definition) is 0. The molecule has 0 atom stereocenters. The molecule has 74 valence electrons. The lowest BCUT2D eigenvalue weighted by Gasteiger charge is -2.07. The maximum Gasteiger partial charge on any atom is 0.167 e. The third kappa shape index (κ3) is 2.32. The van der Waals surface area contributed by atoms with Crippen LogP contribution < -0.4 is 0 Å². The normalized spacial score (nSPS) is 9.93. The molecule has 0 radical (unpaired) electrons. The number of rotatable bonds is 3. The van der Waals surface area contributed by atoms with Gasteiger partial charge in [-0.15, -0.1) is 0 Å². The van der Waals surface area contributed by atoms with Crippen LogP contribution in [0.3, 0.4) is 0 Å². The molecule has 1 nitrogen and oxygen atoms in total. The van der Waals surface area contributed by atoms with Crippen molar-refractivity contribution in [3.05, 3.63) is 47.0 Å². The Bertz CT molecular complexity index is 375. The lowest BCUT2D eigenvalue weighted by molar-refractivity contribution is 0.0992. The summed E-state index contributed by atoms with van der Waals surface area (Å²) in [5.74, 6) is 0.165. The van der Waals surface area contributed by atoms with Crippen LogP contribution in [0.15, 0.2) is 30.4 Å². The highest BCUT2D eigenvalue weighted by molar-refractivity contribution is 5.98. The second kappa shape index (κ2) is 4.23. The van der Waals surface area contributed by atoms with E-state index in [1.807, 2.05) is 39.0 Å². The van der Waals surface area contributed by atoms with E-state index in [2.05, 4.69) is 6.58 Å². The summed E-state index contributed by atoms with van der Waals surface area (Å²) in [6.07, 6.45) is 0.449. The van der Waals surface area contributed by atoms with Gasteiger partial charge in [0.25, 0.3) is 0 Å². The molecule has 1 heteroatoms. The summed E-state index contributed by atoms with van der Waals surface area (Å²) in [6, 6.07) is 5.83. The number of ketones is 1. The Hall–Kier alpha value is -1.37.